The Hall–Kier alpha value is -5.69. The average molecular weight is 610 g/mol. The Labute approximate surface area is 259 Å². The molecule has 0 saturated heterocycles. The lowest BCUT2D eigenvalue weighted by Crippen LogP contribution is -2.40. The third kappa shape index (κ3) is 6.33. The predicted molar refractivity (Wildman–Crippen MR) is 165 cm³/mol. The summed E-state index contributed by atoms with van der Waals surface area (Å²) in [6.45, 7) is 15.3. The number of hydrogen-bond donors (Lipinski definition) is 2. The molecule has 2 atom stereocenters. The van der Waals surface area contributed by atoms with Crippen molar-refractivity contribution in [2.24, 2.45) is 5.41 Å². The molecule has 4 rings (SSSR count). The number of fused-ring (bicyclic) bond motifs is 1. The van der Waals surface area contributed by atoms with Crippen LogP contribution in [0.4, 0.5) is 15.8 Å². The Bertz CT molecular complexity index is 1910. The second kappa shape index (κ2) is 12.5. The van der Waals surface area contributed by atoms with Gasteiger partial charge in [-0.2, -0.15) is 14.9 Å². The average Bonchev–Trinajstić information content (AvgIpc) is 3.48. The molecule has 0 fully saturated rings. The maximum Gasteiger partial charge on any atom is 0.395 e. The number of hydrogen-bond acceptors (Lipinski definition) is 9. The molecular formula is C32H32FN9O3. The summed E-state index contributed by atoms with van der Waals surface area (Å²) in [5, 5.41) is 42.2. The first kappa shape index (κ1) is 32.2. The first-order valence-electron chi connectivity index (χ1n) is 14.0. The molecule has 3 heterocycles. The van der Waals surface area contributed by atoms with Gasteiger partial charge >= 0.3 is 11.9 Å². The Balaban J connectivity index is 2.10. The van der Waals surface area contributed by atoms with Gasteiger partial charge in [0.05, 0.1) is 28.5 Å². The number of nitrogens with zero attached hydrogens (tertiary/aromatic N) is 8. The zero-order valence-electron chi connectivity index (χ0n) is 25.8. The van der Waals surface area contributed by atoms with Gasteiger partial charge < -0.3 is 10.4 Å². The maximum absolute atomic E-state index is 14.2. The molecule has 0 unspecified atom stereocenters. The minimum absolute atomic E-state index is 0.00704. The van der Waals surface area contributed by atoms with Crippen LogP contribution in [0.2, 0.25) is 0 Å². The van der Waals surface area contributed by atoms with Gasteiger partial charge in [-0.1, -0.05) is 45.6 Å². The van der Waals surface area contributed by atoms with Crippen molar-refractivity contribution in [3.8, 4) is 12.1 Å². The molecule has 45 heavy (non-hydrogen) atoms. The number of carbonyl (C=O) groups excluding carboxylic acids is 1. The van der Waals surface area contributed by atoms with E-state index >= 15 is 0 Å². The Kier molecular flexibility index (Phi) is 8.95. The summed E-state index contributed by atoms with van der Waals surface area (Å²) < 4.78 is 15.6. The van der Waals surface area contributed by atoms with Gasteiger partial charge in [0.15, 0.2) is 0 Å². The fourth-order valence-electron chi connectivity index (χ4n) is 4.65. The molecule has 0 bridgehead atoms. The largest absolute Gasteiger partial charge is 0.474 e. The lowest BCUT2D eigenvalue weighted by atomic mass is 9.87. The van der Waals surface area contributed by atoms with E-state index in [1.165, 1.54) is 42.2 Å². The summed E-state index contributed by atoms with van der Waals surface area (Å²) in [4.78, 5) is 35.2. The number of amides is 1. The van der Waals surface area contributed by atoms with Crippen molar-refractivity contribution in [3.05, 3.63) is 77.3 Å². The SMILES string of the molecule is C=C(CC)n1cc([C@H](c2ccc(F)nc2C)N(C(=O)C(=O)O)c2cc(C#N)c3ncc(C#N)c(N[C@H](C)C(C)(C)C)c3c2)nn1. The minimum Gasteiger partial charge on any atom is -0.474 e. The van der Waals surface area contributed by atoms with Crippen LogP contribution >= 0.6 is 0 Å². The number of carboxylic acid groups (broad SMARTS) is 1. The number of pyridine rings is 2. The van der Waals surface area contributed by atoms with E-state index in [4.69, 9.17) is 0 Å². The number of carboxylic acids is 1. The number of aryl methyl sites for hydroxylation is 1. The summed E-state index contributed by atoms with van der Waals surface area (Å²) in [5.41, 5.74) is 1.73. The number of aliphatic carboxylic acids is 1. The van der Waals surface area contributed by atoms with Crippen LogP contribution in [0.3, 0.4) is 0 Å². The number of anilines is 2. The highest BCUT2D eigenvalue weighted by Crippen LogP contribution is 2.39. The van der Waals surface area contributed by atoms with Gasteiger partial charge in [-0.15, -0.1) is 5.10 Å². The summed E-state index contributed by atoms with van der Waals surface area (Å²) >= 11 is 0. The number of nitriles is 2. The van der Waals surface area contributed by atoms with Crippen molar-refractivity contribution in [3.63, 3.8) is 0 Å². The summed E-state index contributed by atoms with van der Waals surface area (Å²) in [6, 6.07) is 8.08. The minimum atomic E-state index is -1.79. The lowest BCUT2D eigenvalue weighted by molar-refractivity contribution is -0.149. The molecule has 13 heteroatoms. The van der Waals surface area contributed by atoms with E-state index in [1.54, 1.807) is 0 Å². The maximum atomic E-state index is 14.2. The van der Waals surface area contributed by atoms with Crippen LogP contribution in [0.1, 0.15) is 75.2 Å². The molecular weight excluding hydrogens is 577 g/mol. The number of halogens is 1. The fourth-order valence-corrected chi connectivity index (χ4v) is 4.65. The normalized spacial score (nSPS) is 12.6. The lowest BCUT2D eigenvalue weighted by Gasteiger charge is -2.32. The first-order valence-corrected chi connectivity index (χ1v) is 14.0. The third-order valence-corrected chi connectivity index (χ3v) is 7.71. The van der Waals surface area contributed by atoms with Gasteiger partial charge in [0.1, 0.15) is 23.9 Å². The first-order chi connectivity index (χ1) is 21.2. The van der Waals surface area contributed by atoms with Crippen molar-refractivity contribution < 1.29 is 19.1 Å². The Morgan fingerprint density at radius 2 is 1.89 bits per heavy atom. The van der Waals surface area contributed by atoms with Gasteiger partial charge in [-0.05, 0) is 43.9 Å². The van der Waals surface area contributed by atoms with Crippen LogP contribution in [0.15, 0.2) is 43.2 Å². The molecule has 4 aromatic rings. The standard InChI is InChI=1S/C32H32FN9O3/c1-8-17(2)41-16-25(39-40-41)29(23-9-10-26(33)37-18(23)3)42(30(43)31(44)45)22-11-20(13-34)27-24(12-22)28(21(14-35)15-36-27)38-19(4)32(5,6)7/h9-12,15-16,19,29H,2,8H2,1,3-7H3,(H,36,38)(H,44,45)/t19-,29+/m1/s1. The van der Waals surface area contributed by atoms with Crippen LogP contribution < -0.4 is 10.2 Å². The van der Waals surface area contributed by atoms with Crippen LogP contribution in [-0.2, 0) is 9.59 Å². The zero-order chi connectivity index (χ0) is 33.2. The van der Waals surface area contributed by atoms with E-state index in [1.807, 2.05) is 34.6 Å². The van der Waals surface area contributed by atoms with E-state index in [9.17, 15) is 29.6 Å². The topological polar surface area (TPSA) is 174 Å². The summed E-state index contributed by atoms with van der Waals surface area (Å²) in [6.07, 6.45) is 3.38. The second-order valence-corrected chi connectivity index (χ2v) is 11.6. The van der Waals surface area contributed by atoms with Crippen molar-refractivity contribution >= 4 is 39.9 Å². The summed E-state index contributed by atoms with van der Waals surface area (Å²) in [7, 11) is 0. The monoisotopic (exact) mass is 609 g/mol. The molecule has 1 amide bonds. The van der Waals surface area contributed by atoms with E-state index < -0.39 is 23.9 Å². The van der Waals surface area contributed by atoms with Crippen molar-refractivity contribution in [2.45, 2.75) is 60.0 Å². The molecule has 230 valence electrons. The predicted octanol–water partition coefficient (Wildman–Crippen LogP) is 5.35. The Morgan fingerprint density at radius 3 is 2.47 bits per heavy atom. The van der Waals surface area contributed by atoms with E-state index in [2.05, 4.69) is 44.3 Å². The Morgan fingerprint density at radius 1 is 1.20 bits per heavy atom. The molecule has 0 spiro atoms. The number of carbonyl (C=O) groups is 2. The van der Waals surface area contributed by atoms with E-state index in [-0.39, 0.29) is 50.7 Å². The third-order valence-electron chi connectivity index (χ3n) is 7.71. The molecule has 0 aliphatic heterocycles. The number of allylic oxidation sites excluding steroid dienone is 1. The van der Waals surface area contributed by atoms with Gasteiger partial charge in [-0.25, -0.2) is 14.5 Å². The smallest absolute Gasteiger partial charge is 0.395 e. The fraction of sp³-hybridized carbons (Fsp3) is 0.312. The van der Waals surface area contributed by atoms with Crippen molar-refractivity contribution in [1.29, 1.82) is 10.5 Å². The van der Waals surface area contributed by atoms with Crippen LogP contribution in [0.25, 0.3) is 16.6 Å². The van der Waals surface area contributed by atoms with E-state index in [0.29, 0.717) is 23.2 Å². The molecule has 0 aliphatic rings. The van der Waals surface area contributed by atoms with E-state index in [0.717, 1.165) is 11.0 Å². The number of nitrogens with one attached hydrogen (secondary N) is 1. The van der Waals surface area contributed by atoms with Gasteiger partial charge in [0.2, 0.25) is 5.95 Å². The quantitative estimate of drug-likeness (QED) is 0.196. The van der Waals surface area contributed by atoms with Crippen molar-refractivity contribution in [1.82, 2.24) is 25.0 Å². The van der Waals surface area contributed by atoms with Gasteiger partial charge in [0.25, 0.3) is 0 Å². The number of rotatable bonds is 8. The van der Waals surface area contributed by atoms with Crippen LogP contribution in [-0.4, -0.2) is 48.0 Å². The van der Waals surface area contributed by atoms with Crippen molar-refractivity contribution in [2.75, 3.05) is 10.2 Å². The molecule has 2 N–H and O–H groups in total. The molecule has 0 aliphatic carbocycles. The number of aromatic nitrogens is 5. The second-order valence-electron chi connectivity index (χ2n) is 11.6. The highest BCUT2D eigenvalue weighted by Gasteiger charge is 2.36. The number of benzene rings is 1. The van der Waals surface area contributed by atoms with Crippen LogP contribution in [0.5, 0.6) is 0 Å². The molecule has 0 radical (unpaired) electrons. The molecule has 1 aromatic carbocycles. The highest BCUT2D eigenvalue weighted by atomic mass is 19.1. The van der Waals surface area contributed by atoms with Gasteiger partial charge in [0, 0.05) is 40.3 Å². The van der Waals surface area contributed by atoms with Gasteiger partial charge in [-0.3, -0.25) is 14.7 Å². The van der Waals surface area contributed by atoms with Crippen LogP contribution in [0, 0.1) is 40.9 Å². The molecule has 3 aromatic heterocycles. The highest BCUT2D eigenvalue weighted by molar-refractivity contribution is 6.37. The molecule has 12 nitrogen and oxygen atoms in total. The molecule has 0 saturated carbocycles. The zero-order valence-corrected chi connectivity index (χ0v) is 25.8. The summed E-state index contributed by atoms with van der Waals surface area (Å²) in [5.74, 6) is -3.93.